The molecule has 0 spiro atoms. The minimum Gasteiger partial charge on any atom is -0.386 e. The number of hydrogen-bond donors (Lipinski definition) is 5. The van der Waals surface area contributed by atoms with Crippen LogP contribution in [-0.2, 0) is 9.59 Å². The van der Waals surface area contributed by atoms with Crippen LogP contribution in [0.3, 0.4) is 0 Å². The van der Waals surface area contributed by atoms with Crippen LogP contribution in [0, 0.1) is 5.41 Å². The fourth-order valence-corrected chi connectivity index (χ4v) is 0.566. The minimum atomic E-state index is -1.13. The van der Waals surface area contributed by atoms with Gasteiger partial charge in [-0.2, -0.15) is 0 Å². The Morgan fingerprint density at radius 3 is 2.08 bits per heavy atom. The first-order valence-electron chi connectivity index (χ1n) is 3.10. The fourth-order valence-electron chi connectivity index (χ4n) is 0.566. The second kappa shape index (κ2) is 4.29. The molecule has 8 N–H and O–H groups in total. The van der Waals surface area contributed by atoms with Gasteiger partial charge in [0.1, 0.15) is 11.9 Å². The summed E-state index contributed by atoms with van der Waals surface area (Å²) in [6, 6.07) is -1.13. The van der Waals surface area contributed by atoms with E-state index in [1.54, 1.807) is 0 Å². The molecule has 0 aromatic carbocycles. The Morgan fingerprint density at radius 2 is 1.83 bits per heavy atom. The monoisotopic (exact) mass is 173 g/mol. The van der Waals surface area contributed by atoms with Crippen LogP contribution >= 0.6 is 0 Å². The Bertz CT molecular complexity index is 200. The van der Waals surface area contributed by atoms with E-state index in [2.05, 4.69) is 5.32 Å². The van der Waals surface area contributed by atoms with Gasteiger partial charge in [-0.25, -0.2) is 0 Å². The molecule has 0 rings (SSSR count). The van der Waals surface area contributed by atoms with E-state index < -0.39 is 23.7 Å². The third kappa shape index (κ3) is 3.52. The number of carbonyl (C=O) groups excluding carboxylic acids is 2. The number of rotatable bonds is 5. The highest BCUT2D eigenvalue weighted by Gasteiger charge is 2.17. The molecule has 12 heavy (non-hydrogen) atoms. The van der Waals surface area contributed by atoms with E-state index in [0.717, 1.165) is 0 Å². The van der Waals surface area contributed by atoms with E-state index in [1.807, 2.05) is 0 Å². The lowest BCUT2D eigenvalue weighted by atomic mass is 10.2. The van der Waals surface area contributed by atoms with E-state index >= 15 is 0 Å². The van der Waals surface area contributed by atoms with Crippen molar-refractivity contribution in [2.24, 2.45) is 17.2 Å². The first-order chi connectivity index (χ1) is 5.45. The SMILES string of the molecule is N=C(N)C(NCC(N)=O)C(N)=O. The summed E-state index contributed by atoms with van der Waals surface area (Å²) in [7, 11) is 0. The summed E-state index contributed by atoms with van der Waals surface area (Å²) in [6.45, 7) is -0.243. The number of nitrogens with two attached hydrogens (primary N) is 3. The smallest absolute Gasteiger partial charge is 0.242 e. The molecule has 68 valence electrons. The fraction of sp³-hybridized carbons (Fsp3) is 0.400. The van der Waals surface area contributed by atoms with Crippen molar-refractivity contribution in [1.29, 1.82) is 5.41 Å². The second-order valence-electron chi connectivity index (χ2n) is 2.14. The Morgan fingerprint density at radius 1 is 1.33 bits per heavy atom. The average Bonchev–Trinajstić information content (AvgIpc) is 1.84. The molecule has 0 fully saturated rings. The molecule has 0 aliphatic heterocycles. The van der Waals surface area contributed by atoms with Crippen LogP contribution in [0.1, 0.15) is 0 Å². The normalized spacial score (nSPS) is 12.0. The maximum Gasteiger partial charge on any atom is 0.242 e. The molecule has 0 bridgehead atoms. The zero-order valence-electron chi connectivity index (χ0n) is 6.33. The lowest BCUT2D eigenvalue weighted by Crippen LogP contribution is -2.52. The highest BCUT2D eigenvalue weighted by Crippen LogP contribution is 1.79. The molecular formula is C5H11N5O2. The molecule has 0 aliphatic carbocycles. The highest BCUT2D eigenvalue weighted by atomic mass is 16.2. The summed E-state index contributed by atoms with van der Waals surface area (Å²) < 4.78 is 0. The van der Waals surface area contributed by atoms with Gasteiger partial charge >= 0.3 is 0 Å². The van der Waals surface area contributed by atoms with Crippen molar-refractivity contribution in [3.8, 4) is 0 Å². The first kappa shape index (κ1) is 10.4. The van der Waals surface area contributed by atoms with Crippen molar-refractivity contribution in [3.05, 3.63) is 0 Å². The Kier molecular flexibility index (Phi) is 3.71. The van der Waals surface area contributed by atoms with Gasteiger partial charge in [-0.15, -0.1) is 0 Å². The highest BCUT2D eigenvalue weighted by molar-refractivity contribution is 6.04. The lowest BCUT2D eigenvalue weighted by molar-refractivity contribution is -0.119. The first-order valence-corrected chi connectivity index (χ1v) is 3.10. The molecule has 1 unspecified atom stereocenters. The lowest BCUT2D eigenvalue weighted by Gasteiger charge is -2.11. The van der Waals surface area contributed by atoms with E-state index in [0.29, 0.717) is 0 Å². The molecule has 2 amide bonds. The van der Waals surface area contributed by atoms with E-state index in [1.165, 1.54) is 0 Å². The number of amidine groups is 1. The van der Waals surface area contributed by atoms with E-state index in [4.69, 9.17) is 22.6 Å². The van der Waals surface area contributed by atoms with Gasteiger partial charge in [0.25, 0.3) is 0 Å². The summed E-state index contributed by atoms with van der Waals surface area (Å²) in [5.74, 6) is -1.91. The van der Waals surface area contributed by atoms with Crippen molar-refractivity contribution < 1.29 is 9.59 Å². The maximum absolute atomic E-state index is 10.5. The molecule has 0 aromatic heterocycles. The van der Waals surface area contributed by atoms with Gasteiger partial charge in [0.05, 0.1) is 6.54 Å². The van der Waals surface area contributed by atoms with Crippen molar-refractivity contribution in [2.75, 3.05) is 6.54 Å². The topological polar surface area (TPSA) is 148 Å². The van der Waals surface area contributed by atoms with Crippen LogP contribution in [0.2, 0.25) is 0 Å². The van der Waals surface area contributed by atoms with Crippen LogP contribution in [0.4, 0.5) is 0 Å². The molecule has 0 aliphatic rings. The molecule has 0 heterocycles. The van der Waals surface area contributed by atoms with Crippen LogP contribution < -0.4 is 22.5 Å². The largest absolute Gasteiger partial charge is 0.386 e. The number of amides is 2. The third-order valence-electron chi connectivity index (χ3n) is 1.08. The van der Waals surface area contributed by atoms with Crippen LogP contribution in [0.15, 0.2) is 0 Å². The molecule has 0 saturated carbocycles. The van der Waals surface area contributed by atoms with Crippen LogP contribution in [0.25, 0.3) is 0 Å². The zero-order chi connectivity index (χ0) is 9.72. The van der Waals surface area contributed by atoms with Crippen molar-refractivity contribution >= 4 is 17.6 Å². The van der Waals surface area contributed by atoms with Gasteiger partial charge in [-0.1, -0.05) is 0 Å². The quantitative estimate of drug-likeness (QED) is 0.220. The van der Waals surface area contributed by atoms with E-state index in [9.17, 15) is 9.59 Å². The Balaban J connectivity index is 4.06. The van der Waals surface area contributed by atoms with Gasteiger partial charge in [-0.05, 0) is 0 Å². The summed E-state index contributed by atoms with van der Waals surface area (Å²) in [5, 5.41) is 9.21. The van der Waals surface area contributed by atoms with Crippen molar-refractivity contribution in [3.63, 3.8) is 0 Å². The van der Waals surface area contributed by atoms with Crippen LogP contribution in [-0.4, -0.2) is 30.2 Å². The van der Waals surface area contributed by atoms with Crippen molar-refractivity contribution in [1.82, 2.24) is 5.32 Å². The second-order valence-corrected chi connectivity index (χ2v) is 2.14. The minimum absolute atomic E-state index is 0.243. The molecule has 0 aromatic rings. The Hall–Kier alpha value is -1.63. The zero-order valence-corrected chi connectivity index (χ0v) is 6.33. The number of hydrogen-bond acceptors (Lipinski definition) is 4. The van der Waals surface area contributed by atoms with Gasteiger partial charge in [0, 0.05) is 0 Å². The van der Waals surface area contributed by atoms with Crippen LogP contribution in [0.5, 0.6) is 0 Å². The maximum atomic E-state index is 10.5. The summed E-state index contributed by atoms with van der Waals surface area (Å²) in [4.78, 5) is 20.8. The third-order valence-corrected chi connectivity index (χ3v) is 1.08. The van der Waals surface area contributed by atoms with Gasteiger partial charge in [-0.3, -0.25) is 20.3 Å². The van der Waals surface area contributed by atoms with Gasteiger partial charge in [0.15, 0.2) is 0 Å². The van der Waals surface area contributed by atoms with E-state index in [-0.39, 0.29) is 6.54 Å². The standard InChI is InChI=1S/C5H11N5O2/c6-2(11)1-10-3(4(7)8)5(9)12/h3,10H,1H2,(H2,6,11)(H3,7,8)(H2,9,12). The molecular weight excluding hydrogens is 162 g/mol. The molecule has 1 atom stereocenters. The Labute approximate surface area is 68.8 Å². The molecule has 0 saturated heterocycles. The number of primary amides is 2. The predicted octanol–water partition coefficient (Wildman–Crippen LogP) is -3.15. The van der Waals surface area contributed by atoms with Crippen molar-refractivity contribution in [2.45, 2.75) is 6.04 Å². The summed E-state index contributed by atoms with van der Waals surface area (Å²) in [5.41, 5.74) is 14.6. The molecule has 7 nitrogen and oxygen atoms in total. The van der Waals surface area contributed by atoms with Gasteiger partial charge in [0.2, 0.25) is 11.8 Å². The average molecular weight is 173 g/mol. The number of nitrogens with one attached hydrogen (secondary N) is 2. The summed E-state index contributed by atoms with van der Waals surface area (Å²) >= 11 is 0. The molecule has 7 heteroatoms. The predicted molar refractivity (Wildman–Crippen MR) is 42.1 cm³/mol. The molecule has 0 radical (unpaired) electrons. The number of carbonyl (C=O) groups is 2. The van der Waals surface area contributed by atoms with Gasteiger partial charge < -0.3 is 17.2 Å². The summed E-state index contributed by atoms with van der Waals surface area (Å²) in [6.07, 6.45) is 0.